The number of hydrogen-bond acceptors (Lipinski definition) is 1. The number of nitrogens with zero attached hydrogens (tertiary/aromatic N) is 1. The highest BCUT2D eigenvalue weighted by molar-refractivity contribution is 6.21. The van der Waals surface area contributed by atoms with Crippen molar-refractivity contribution in [3.05, 3.63) is 0 Å². The third-order valence-electron chi connectivity index (χ3n) is 1.87. The third-order valence-corrected chi connectivity index (χ3v) is 2.36. The minimum Gasteiger partial charge on any atom is -0.247 e. The van der Waals surface area contributed by atoms with E-state index in [2.05, 4.69) is 6.07 Å². The molecule has 1 aliphatic carbocycles. The van der Waals surface area contributed by atoms with Gasteiger partial charge in [0.15, 0.2) is 0 Å². The molecule has 0 amide bonds. The number of alkyl halides is 2. The molecule has 3 atom stereocenters. The van der Waals surface area contributed by atoms with Crippen molar-refractivity contribution >= 4 is 11.6 Å². The van der Waals surface area contributed by atoms with Gasteiger partial charge in [-0.05, 0) is 19.3 Å². The van der Waals surface area contributed by atoms with Gasteiger partial charge in [0, 0.05) is 0 Å². The third kappa shape index (κ3) is 1.60. The summed E-state index contributed by atoms with van der Waals surface area (Å²) in [5, 5.41) is 8.22. The standard InChI is InChI=1S/C7H9ClFN/c8-7-3-6(9)2-1-5(7)4-10/h5-7H,1-3H2. The van der Waals surface area contributed by atoms with Crippen LogP contribution in [0.5, 0.6) is 0 Å². The van der Waals surface area contributed by atoms with E-state index in [-0.39, 0.29) is 11.3 Å². The smallest absolute Gasteiger partial charge is 0.102 e. The Bertz CT molecular complexity index is 154. The van der Waals surface area contributed by atoms with E-state index in [4.69, 9.17) is 16.9 Å². The van der Waals surface area contributed by atoms with Crippen LogP contribution < -0.4 is 0 Å². The molecule has 1 fully saturated rings. The summed E-state index contributed by atoms with van der Waals surface area (Å²) in [6.45, 7) is 0. The minimum absolute atomic E-state index is 0.131. The SMILES string of the molecule is N#CC1CCC(F)CC1Cl. The van der Waals surface area contributed by atoms with E-state index in [0.29, 0.717) is 19.3 Å². The highest BCUT2D eigenvalue weighted by atomic mass is 35.5. The highest BCUT2D eigenvalue weighted by Gasteiger charge is 2.28. The van der Waals surface area contributed by atoms with Crippen molar-refractivity contribution in [1.82, 2.24) is 0 Å². The summed E-state index contributed by atoms with van der Waals surface area (Å²) in [5.41, 5.74) is 0. The molecule has 3 heteroatoms. The normalized spacial score (nSPS) is 40.7. The van der Waals surface area contributed by atoms with Crippen LogP contribution >= 0.6 is 11.6 Å². The molecule has 0 radical (unpaired) electrons. The van der Waals surface area contributed by atoms with Gasteiger partial charge >= 0.3 is 0 Å². The van der Waals surface area contributed by atoms with Gasteiger partial charge in [0.2, 0.25) is 0 Å². The van der Waals surface area contributed by atoms with E-state index >= 15 is 0 Å². The number of halogens is 2. The molecular weight excluding hydrogens is 153 g/mol. The van der Waals surface area contributed by atoms with Gasteiger partial charge in [-0.25, -0.2) is 4.39 Å². The molecule has 0 aromatic carbocycles. The van der Waals surface area contributed by atoms with Gasteiger partial charge in [-0.2, -0.15) is 5.26 Å². The van der Waals surface area contributed by atoms with Crippen LogP contribution in [0.4, 0.5) is 4.39 Å². The molecule has 0 saturated heterocycles. The molecule has 3 unspecified atom stereocenters. The van der Waals surface area contributed by atoms with E-state index in [1.807, 2.05) is 0 Å². The molecule has 10 heavy (non-hydrogen) atoms. The maximum atomic E-state index is 12.5. The molecule has 0 aliphatic heterocycles. The summed E-state index contributed by atoms with van der Waals surface area (Å²) in [5.74, 6) is -0.131. The Kier molecular flexibility index (Phi) is 2.50. The van der Waals surface area contributed by atoms with Crippen LogP contribution in [-0.4, -0.2) is 11.5 Å². The molecule has 0 aromatic heterocycles. The van der Waals surface area contributed by atoms with Crippen LogP contribution in [0.2, 0.25) is 0 Å². The monoisotopic (exact) mass is 161 g/mol. The Morgan fingerprint density at radius 2 is 2.20 bits per heavy atom. The summed E-state index contributed by atoms with van der Waals surface area (Å²) in [7, 11) is 0. The fourth-order valence-corrected chi connectivity index (χ4v) is 1.59. The highest BCUT2D eigenvalue weighted by Crippen LogP contribution is 2.29. The largest absolute Gasteiger partial charge is 0.247 e. The molecule has 1 nitrogen and oxygen atoms in total. The van der Waals surface area contributed by atoms with E-state index in [0.717, 1.165) is 0 Å². The van der Waals surface area contributed by atoms with Gasteiger partial charge in [-0.3, -0.25) is 0 Å². The van der Waals surface area contributed by atoms with Crippen molar-refractivity contribution in [2.24, 2.45) is 5.92 Å². The summed E-state index contributed by atoms with van der Waals surface area (Å²) in [6.07, 6.45) is 0.680. The van der Waals surface area contributed by atoms with Crippen LogP contribution in [0.1, 0.15) is 19.3 Å². The molecule has 0 bridgehead atoms. The average Bonchev–Trinajstić information content (AvgIpc) is 1.88. The summed E-state index contributed by atoms with van der Waals surface area (Å²) in [6, 6.07) is 2.08. The lowest BCUT2D eigenvalue weighted by Gasteiger charge is -2.23. The van der Waals surface area contributed by atoms with Gasteiger partial charge in [-0.1, -0.05) is 0 Å². The molecule has 0 heterocycles. The second-order valence-corrected chi connectivity index (χ2v) is 3.22. The zero-order valence-electron chi connectivity index (χ0n) is 5.56. The second-order valence-electron chi connectivity index (χ2n) is 2.66. The summed E-state index contributed by atoms with van der Waals surface area (Å²) in [4.78, 5) is 0. The molecule has 1 saturated carbocycles. The molecule has 1 rings (SSSR count). The Morgan fingerprint density at radius 1 is 1.50 bits per heavy atom. The van der Waals surface area contributed by atoms with Crippen molar-refractivity contribution in [3.8, 4) is 6.07 Å². The number of hydrogen-bond donors (Lipinski definition) is 0. The zero-order valence-corrected chi connectivity index (χ0v) is 6.31. The summed E-state index contributed by atoms with van der Waals surface area (Å²) < 4.78 is 12.5. The Hall–Kier alpha value is -0.290. The average molecular weight is 162 g/mol. The summed E-state index contributed by atoms with van der Waals surface area (Å²) >= 11 is 5.72. The molecular formula is C7H9ClFN. The van der Waals surface area contributed by atoms with Gasteiger partial charge in [-0.15, -0.1) is 11.6 Å². The maximum Gasteiger partial charge on any atom is 0.102 e. The quantitative estimate of drug-likeness (QED) is 0.500. The fourth-order valence-electron chi connectivity index (χ4n) is 1.21. The van der Waals surface area contributed by atoms with Crippen molar-refractivity contribution in [2.45, 2.75) is 30.8 Å². The van der Waals surface area contributed by atoms with E-state index in [9.17, 15) is 4.39 Å². The van der Waals surface area contributed by atoms with Crippen LogP contribution in [0.3, 0.4) is 0 Å². The number of rotatable bonds is 0. The second kappa shape index (κ2) is 3.21. The van der Waals surface area contributed by atoms with E-state index in [1.54, 1.807) is 0 Å². The van der Waals surface area contributed by atoms with Gasteiger partial charge in [0.25, 0.3) is 0 Å². The van der Waals surface area contributed by atoms with Crippen LogP contribution in [0.15, 0.2) is 0 Å². The van der Waals surface area contributed by atoms with E-state index < -0.39 is 6.17 Å². The Balaban J connectivity index is 2.45. The van der Waals surface area contributed by atoms with Crippen LogP contribution in [-0.2, 0) is 0 Å². The molecule has 0 aromatic rings. The molecule has 0 spiro atoms. The number of nitriles is 1. The molecule has 0 N–H and O–H groups in total. The van der Waals surface area contributed by atoms with Crippen molar-refractivity contribution < 1.29 is 4.39 Å². The van der Waals surface area contributed by atoms with Crippen LogP contribution in [0.25, 0.3) is 0 Å². The maximum absolute atomic E-state index is 12.5. The lowest BCUT2D eigenvalue weighted by Crippen LogP contribution is -2.24. The first-order valence-electron chi connectivity index (χ1n) is 3.42. The van der Waals surface area contributed by atoms with E-state index in [1.165, 1.54) is 0 Å². The van der Waals surface area contributed by atoms with Crippen LogP contribution in [0, 0.1) is 17.2 Å². The molecule has 56 valence electrons. The molecule has 1 aliphatic rings. The predicted molar refractivity (Wildman–Crippen MR) is 37.5 cm³/mol. The first-order valence-corrected chi connectivity index (χ1v) is 3.85. The lowest BCUT2D eigenvalue weighted by molar-refractivity contribution is 0.232. The predicted octanol–water partition coefficient (Wildman–Crippen LogP) is 2.26. The first kappa shape index (κ1) is 7.81. The minimum atomic E-state index is -0.785. The fraction of sp³-hybridized carbons (Fsp3) is 0.857. The Labute approximate surface area is 64.8 Å². The zero-order chi connectivity index (χ0) is 7.56. The Morgan fingerprint density at radius 3 is 2.70 bits per heavy atom. The lowest BCUT2D eigenvalue weighted by atomic mass is 9.89. The topological polar surface area (TPSA) is 23.8 Å². The van der Waals surface area contributed by atoms with Crippen molar-refractivity contribution in [1.29, 1.82) is 5.26 Å². The van der Waals surface area contributed by atoms with Crippen molar-refractivity contribution in [3.63, 3.8) is 0 Å². The van der Waals surface area contributed by atoms with Gasteiger partial charge in [0.05, 0.1) is 17.4 Å². The van der Waals surface area contributed by atoms with Crippen molar-refractivity contribution in [2.75, 3.05) is 0 Å². The van der Waals surface area contributed by atoms with Gasteiger partial charge < -0.3 is 0 Å². The first-order chi connectivity index (χ1) is 4.74. The van der Waals surface area contributed by atoms with Gasteiger partial charge in [0.1, 0.15) is 6.17 Å².